The standard InChI is InChI=1S/C17H11F3O4/c18-17(19,20)11-2-4-12-10(7-11)8-24-14-5-9(6-15(21)22)1-3-13(14)16(12)23/h1-5,7H,6,8H2,(H,21,22). The molecule has 24 heavy (non-hydrogen) atoms. The molecule has 0 saturated heterocycles. The van der Waals surface area contributed by atoms with Crippen molar-refractivity contribution in [1.29, 1.82) is 0 Å². The molecule has 4 nitrogen and oxygen atoms in total. The topological polar surface area (TPSA) is 63.6 Å². The van der Waals surface area contributed by atoms with E-state index in [1.807, 2.05) is 0 Å². The van der Waals surface area contributed by atoms with Gasteiger partial charge in [0.2, 0.25) is 0 Å². The number of benzene rings is 2. The number of aliphatic carboxylic acids is 1. The van der Waals surface area contributed by atoms with E-state index < -0.39 is 23.5 Å². The van der Waals surface area contributed by atoms with Crippen molar-refractivity contribution in [3.63, 3.8) is 0 Å². The second-order valence-electron chi connectivity index (χ2n) is 5.39. The minimum absolute atomic E-state index is 0.144. The van der Waals surface area contributed by atoms with Crippen LogP contribution in [-0.2, 0) is 24.0 Å². The number of fused-ring (bicyclic) bond motifs is 2. The van der Waals surface area contributed by atoms with Gasteiger partial charge in [0.1, 0.15) is 12.4 Å². The van der Waals surface area contributed by atoms with Crippen molar-refractivity contribution in [2.24, 2.45) is 0 Å². The highest BCUT2D eigenvalue weighted by atomic mass is 19.4. The molecule has 1 N–H and O–H groups in total. The minimum atomic E-state index is -4.51. The fourth-order valence-electron chi connectivity index (χ4n) is 2.57. The molecule has 0 unspecified atom stereocenters. The van der Waals surface area contributed by atoms with Gasteiger partial charge in [0, 0.05) is 11.1 Å². The summed E-state index contributed by atoms with van der Waals surface area (Å²) in [5.74, 6) is -1.32. The predicted molar refractivity (Wildman–Crippen MR) is 77.0 cm³/mol. The quantitative estimate of drug-likeness (QED) is 0.912. The Labute approximate surface area is 134 Å². The molecule has 2 aromatic carbocycles. The third-order valence-corrected chi connectivity index (χ3v) is 3.71. The Bertz CT molecular complexity index is 840. The molecule has 3 rings (SSSR count). The van der Waals surface area contributed by atoms with Crippen molar-refractivity contribution in [3.8, 4) is 5.75 Å². The number of ketones is 1. The lowest BCUT2D eigenvalue weighted by Gasteiger charge is -2.10. The third kappa shape index (κ3) is 2.97. The predicted octanol–water partition coefficient (Wildman–Crippen LogP) is 3.46. The first-order chi connectivity index (χ1) is 11.3. The van der Waals surface area contributed by atoms with Gasteiger partial charge in [-0.15, -0.1) is 0 Å². The van der Waals surface area contributed by atoms with Gasteiger partial charge < -0.3 is 9.84 Å². The Balaban J connectivity index is 2.02. The van der Waals surface area contributed by atoms with Gasteiger partial charge in [-0.1, -0.05) is 12.1 Å². The molecule has 0 amide bonds. The highest BCUT2D eigenvalue weighted by molar-refractivity contribution is 6.12. The molecule has 0 aromatic heterocycles. The number of halogens is 3. The fraction of sp³-hybridized carbons (Fsp3) is 0.176. The number of hydrogen-bond donors (Lipinski definition) is 1. The van der Waals surface area contributed by atoms with Crippen LogP contribution in [0.5, 0.6) is 5.75 Å². The Kier molecular flexibility index (Phi) is 3.79. The lowest BCUT2D eigenvalue weighted by atomic mass is 9.96. The van der Waals surface area contributed by atoms with Crippen LogP contribution in [0.4, 0.5) is 13.2 Å². The molecule has 0 aliphatic carbocycles. The summed E-state index contributed by atoms with van der Waals surface area (Å²) < 4.78 is 43.9. The fourth-order valence-corrected chi connectivity index (χ4v) is 2.57. The first-order valence-electron chi connectivity index (χ1n) is 6.98. The Morgan fingerprint density at radius 2 is 1.83 bits per heavy atom. The summed E-state index contributed by atoms with van der Waals surface area (Å²) in [4.78, 5) is 23.3. The lowest BCUT2D eigenvalue weighted by Crippen LogP contribution is -2.09. The average Bonchev–Trinajstić information content (AvgIpc) is 2.63. The molecular weight excluding hydrogens is 325 g/mol. The van der Waals surface area contributed by atoms with Gasteiger partial charge in [-0.05, 0) is 29.8 Å². The third-order valence-electron chi connectivity index (χ3n) is 3.71. The Hall–Kier alpha value is -2.83. The summed E-state index contributed by atoms with van der Waals surface area (Å²) >= 11 is 0. The molecule has 0 spiro atoms. The van der Waals surface area contributed by atoms with Crippen molar-refractivity contribution in [1.82, 2.24) is 0 Å². The highest BCUT2D eigenvalue weighted by Gasteiger charge is 2.32. The molecule has 0 fully saturated rings. The summed E-state index contributed by atoms with van der Waals surface area (Å²) in [7, 11) is 0. The van der Waals surface area contributed by atoms with Crippen LogP contribution in [0, 0.1) is 0 Å². The minimum Gasteiger partial charge on any atom is -0.488 e. The van der Waals surface area contributed by atoms with Crippen LogP contribution < -0.4 is 4.74 Å². The van der Waals surface area contributed by atoms with Crippen LogP contribution in [0.15, 0.2) is 36.4 Å². The van der Waals surface area contributed by atoms with Gasteiger partial charge >= 0.3 is 12.1 Å². The Morgan fingerprint density at radius 3 is 2.50 bits per heavy atom. The zero-order valence-electron chi connectivity index (χ0n) is 12.2. The maximum atomic E-state index is 12.8. The van der Waals surface area contributed by atoms with Gasteiger partial charge in [-0.2, -0.15) is 13.2 Å². The molecule has 0 saturated carbocycles. The van der Waals surface area contributed by atoms with Crippen LogP contribution in [0.25, 0.3) is 0 Å². The Morgan fingerprint density at radius 1 is 1.12 bits per heavy atom. The molecule has 124 valence electrons. The molecule has 0 atom stereocenters. The van der Waals surface area contributed by atoms with Crippen LogP contribution in [0.1, 0.15) is 32.6 Å². The summed E-state index contributed by atoms with van der Waals surface area (Å²) in [6.07, 6.45) is -4.75. The van der Waals surface area contributed by atoms with Crippen molar-refractivity contribution < 1.29 is 32.6 Å². The highest BCUT2D eigenvalue weighted by Crippen LogP contribution is 2.34. The van der Waals surface area contributed by atoms with Crippen LogP contribution in [0.3, 0.4) is 0 Å². The van der Waals surface area contributed by atoms with Crippen molar-refractivity contribution in [3.05, 3.63) is 64.2 Å². The van der Waals surface area contributed by atoms with E-state index in [0.29, 0.717) is 5.56 Å². The molecule has 7 heteroatoms. The maximum absolute atomic E-state index is 12.8. The number of carbonyl (C=O) groups excluding carboxylic acids is 1. The van der Waals surface area contributed by atoms with E-state index in [4.69, 9.17) is 9.84 Å². The molecule has 1 heterocycles. The number of rotatable bonds is 2. The van der Waals surface area contributed by atoms with Crippen molar-refractivity contribution in [2.45, 2.75) is 19.2 Å². The number of alkyl halides is 3. The average molecular weight is 336 g/mol. The van der Waals surface area contributed by atoms with Crippen molar-refractivity contribution in [2.75, 3.05) is 0 Å². The van der Waals surface area contributed by atoms with E-state index in [1.54, 1.807) is 0 Å². The zero-order chi connectivity index (χ0) is 17.5. The molecule has 0 bridgehead atoms. The maximum Gasteiger partial charge on any atom is 0.416 e. The molecular formula is C17H11F3O4. The van der Waals surface area contributed by atoms with Crippen LogP contribution in [-0.4, -0.2) is 16.9 Å². The van der Waals surface area contributed by atoms with Gasteiger partial charge in [0.05, 0.1) is 17.5 Å². The number of hydrogen-bond acceptors (Lipinski definition) is 3. The van der Waals surface area contributed by atoms with E-state index in [1.165, 1.54) is 18.2 Å². The van der Waals surface area contributed by atoms with E-state index in [-0.39, 0.29) is 35.5 Å². The monoisotopic (exact) mass is 336 g/mol. The largest absolute Gasteiger partial charge is 0.488 e. The van der Waals surface area contributed by atoms with Crippen LogP contribution >= 0.6 is 0 Å². The number of carbonyl (C=O) groups is 2. The number of ether oxygens (including phenoxy) is 1. The summed E-state index contributed by atoms with van der Waals surface area (Å²) in [6, 6.07) is 7.26. The summed E-state index contributed by atoms with van der Waals surface area (Å²) in [6.45, 7) is -0.200. The number of carboxylic acid groups (broad SMARTS) is 1. The van der Waals surface area contributed by atoms with E-state index in [9.17, 15) is 22.8 Å². The van der Waals surface area contributed by atoms with Gasteiger partial charge in [-0.3, -0.25) is 9.59 Å². The van der Waals surface area contributed by atoms with Crippen LogP contribution in [0.2, 0.25) is 0 Å². The zero-order valence-corrected chi connectivity index (χ0v) is 12.2. The molecule has 1 aliphatic heterocycles. The number of carboxylic acids is 1. The van der Waals surface area contributed by atoms with Gasteiger partial charge in [0.15, 0.2) is 5.78 Å². The smallest absolute Gasteiger partial charge is 0.416 e. The van der Waals surface area contributed by atoms with Gasteiger partial charge in [-0.25, -0.2) is 0 Å². The van der Waals surface area contributed by atoms with E-state index in [2.05, 4.69) is 0 Å². The normalized spacial score (nSPS) is 13.5. The molecule has 0 radical (unpaired) electrons. The first kappa shape index (κ1) is 16.0. The van der Waals surface area contributed by atoms with Crippen molar-refractivity contribution >= 4 is 11.8 Å². The molecule has 1 aliphatic rings. The summed E-state index contributed by atoms with van der Waals surface area (Å²) in [5, 5.41) is 8.81. The molecule has 2 aromatic rings. The lowest BCUT2D eigenvalue weighted by molar-refractivity contribution is -0.138. The second kappa shape index (κ2) is 5.67. The summed E-state index contributed by atoms with van der Waals surface area (Å²) in [5.41, 5.74) is 0.0763. The second-order valence-corrected chi connectivity index (χ2v) is 5.39. The van der Waals surface area contributed by atoms with E-state index in [0.717, 1.165) is 18.2 Å². The van der Waals surface area contributed by atoms with Gasteiger partial charge in [0.25, 0.3) is 0 Å². The van der Waals surface area contributed by atoms with E-state index >= 15 is 0 Å². The SMILES string of the molecule is O=C(O)Cc1ccc2c(c1)OCc1cc(C(F)(F)F)ccc1C2=O. The first-order valence-corrected chi connectivity index (χ1v) is 6.98.